The number of hydrogen-bond acceptors (Lipinski definition) is 6. The van der Waals surface area contributed by atoms with Gasteiger partial charge in [-0.1, -0.05) is 30.0 Å². The van der Waals surface area contributed by atoms with Crippen LogP contribution < -0.4 is 24.4 Å². The molecule has 2 amide bonds. The van der Waals surface area contributed by atoms with Crippen LogP contribution in [0.2, 0.25) is 0 Å². The number of anilines is 1. The standard InChI is InChI=1S/C28H26N2O5S/c1-17(19-7-9-23-24(16-19)35-12-11-34-23)29-27(31)20-8-10-25-22(15-20)30(2)28(32)26(36-25)14-18-5-4-6-21(13-18)33-3/h4-10,13-17H,11-12H2,1-3H3,(H,29,31)/b26-14-. The molecule has 0 radical (unpaired) electrons. The molecule has 2 aliphatic rings. The number of rotatable bonds is 5. The van der Waals surface area contributed by atoms with Gasteiger partial charge < -0.3 is 24.4 Å². The molecule has 0 bridgehead atoms. The van der Waals surface area contributed by atoms with Crippen molar-refractivity contribution in [2.24, 2.45) is 0 Å². The summed E-state index contributed by atoms with van der Waals surface area (Å²) in [7, 11) is 3.33. The van der Waals surface area contributed by atoms with Crippen LogP contribution in [-0.2, 0) is 4.79 Å². The maximum absolute atomic E-state index is 13.1. The minimum atomic E-state index is -0.240. The topological polar surface area (TPSA) is 77.1 Å². The molecule has 2 heterocycles. The first-order valence-corrected chi connectivity index (χ1v) is 12.4. The monoisotopic (exact) mass is 502 g/mol. The molecule has 1 unspecified atom stereocenters. The van der Waals surface area contributed by atoms with E-state index in [1.165, 1.54) is 11.8 Å². The molecule has 0 spiro atoms. The molecular weight excluding hydrogens is 476 g/mol. The van der Waals surface area contributed by atoms with Crippen molar-refractivity contribution in [1.29, 1.82) is 0 Å². The van der Waals surface area contributed by atoms with Crippen molar-refractivity contribution in [3.63, 3.8) is 0 Å². The number of benzene rings is 3. The van der Waals surface area contributed by atoms with Gasteiger partial charge >= 0.3 is 0 Å². The lowest BCUT2D eigenvalue weighted by Crippen LogP contribution is -2.31. The molecule has 7 nitrogen and oxygen atoms in total. The van der Waals surface area contributed by atoms with E-state index in [-0.39, 0.29) is 17.9 Å². The number of likely N-dealkylation sites (N-methyl/N-ethyl adjacent to an activating group) is 1. The summed E-state index contributed by atoms with van der Waals surface area (Å²) in [6.07, 6.45) is 1.85. The summed E-state index contributed by atoms with van der Waals surface area (Å²) < 4.78 is 16.5. The molecule has 5 rings (SSSR count). The normalized spacial score (nSPS) is 16.4. The number of amides is 2. The van der Waals surface area contributed by atoms with E-state index in [9.17, 15) is 9.59 Å². The highest BCUT2D eigenvalue weighted by Crippen LogP contribution is 2.42. The van der Waals surface area contributed by atoms with E-state index in [4.69, 9.17) is 14.2 Å². The van der Waals surface area contributed by atoms with Gasteiger partial charge in [-0.15, -0.1) is 0 Å². The zero-order chi connectivity index (χ0) is 25.2. The van der Waals surface area contributed by atoms with Gasteiger partial charge in [0.05, 0.1) is 23.7 Å². The Labute approximate surface area is 214 Å². The number of methoxy groups -OCH3 is 1. The first-order valence-electron chi connectivity index (χ1n) is 11.6. The Bertz CT molecular complexity index is 1370. The van der Waals surface area contributed by atoms with E-state index in [1.807, 2.05) is 61.5 Å². The molecule has 3 aromatic rings. The Hall–Kier alpha value is -3.91. The second-order valence-electron chi connectivity index (χ2n) is 8.53. The van der Waals surface area contributed by atoms with E-state index >= 15 is 0 Å². The van der Waals surface area contributed by atoms with Crippen molar-refractivity contribution in [1.82, 2.24) is 5.32 Å². The van der Waals surface area contributed by atoms with Gasteiger partial charge in [-0.2, -0.15) is 0 Å². The van der Waals surface area contributed by atoms with E-state index in [1.54, 1.807) is 31.2 Å². The molecule has 0 saturated heterocycles. The highest BCUT2D eigenvalue weighted by atomic mass is 32.2. The van der Waals surface area contributed by atoms with Crippen molar-refractivity contribution in [3.05, 3.63) is 82.3 Å². The fourth-order valence-corrected chi connectivity index (χ4v) is 5.20. The Morgan fingerprint density at radius 1 is 1.08 bits per heavy atom. The summed E-state index contributed by atoms with van der Waals surface area (Å²) >= 11 is 1.39. The highest BCUT2D eigenvalue weighted by molar-refractivity contribution is 8.04. The van der Waals surface area contributed by atoms with Crippen LogP contribution in [0.1, 0.15) is 34.5 Å². The smallest absolute Gasteiger partial charge is 0.264 e. The molecule has 8 heteroatoms. The first kappa shape index (κ1) is 23.8. The summed E-state index contributed by atoms with van der Waals surface area (Å²) in [6, 6.07) is 18.4. The van der Waals surface area contributed by atoms with Crippen LogP contribution >= 0.6 is 11.8 Å². The van der Waals surface area contributed by atoms with Gasteiger partial charge in [-0.25, -0.2) is 0 Å². The molecule has 3 aromatic carbocycles. The molecule has 1 atom stereocenters. The van der Waals surface area contributed by atoms with E-state index in [2.05, 4.69) is 5.32 Å². The van der Waals surface area contributed by atoms with E-state index in [0.717, 1.165) is 21.8 Å². The average Bonchev–Trinajstić information content (AvgIpc) is 2.91. The first-order chi connectivity index (χ1) is 17.4. The Morgan fingerprint density at radius 3 is 2.69 bits per heavy atom. The molecule has 36 heavy (non-hydrogen) atoms. The molecule has 0 aromatic heterocycles. The summed E-state index contributed by atoms with van der Waals surface area (Å²) in [5, 5.41) is 3.04. The van der Waals surface area contributed by atoms with Crippen LogP contribution in [0.15, 0.2) is 70.5 Å². The van der Waals surface area contributed by atoms with E-state index in [0.29, 0.717) is 40.9 Å². The van der Waals surface area contributed by atoms with Gasteiger partial charge in [0.25, 0.3) is 11.8 Å². The maximum Gasteiger partial charge on any atom is 0.264 e. The van der Waals surface area contributed by atoms with Crippen LogP contribution in [0, 0.1) is 0 Å². The van der Waals surface area contributed by atoms with Crippen LogP contribution in [-0.4, -0.2) is 39.2 Å². The van der Waals surface area contributed by atoms with Gasteiger partial charge in [-0.3, -0.25) is 9.59 Å². The van der Waals surface area contributed by atoms with Crippen LogP contribution in [0.4, 0.5) is 5.69 Å². The summed E-state index contributed by atoms with van der Waals surface area (Å²) in [6.45, 7) is 2.96. The van der Waals surface area contributed by atoms with Crippen molar-refractivity contribution >= 4 is 35.3 Å². The molecule has 184 valence electrons. The zero-order valence-electron chi connectivity index (χ0n) is 20.2. The number of nitrogens with one attached hydrogen (secondary N) is 1. The van der Waals surface area contributed by atoms with Gasteiger partial charge in [0, 0.05) is 17.5 Å². The van der Waals surface area contributed by atoms with Crippen molar-refractivity contribution in [2.45, 2.75) is 17.9 Å². The lowest BCUT2D eigenvalue weighted by Gasteiger charge is -2.27. The fourth-order valence-electron chi connectivity index (χ4n) is 4.11. The third-order valence-electron chi connectivity index (χ3n) is 6.12. The lowest BCUT2D eigenvalue weighted by molar-refractivity contribution is -0.114. The Kier molecular flexibility index (Phi) is 6.61. The maximum atomic E-state index is 13.1. The number of fused-ring (bicyclic) bond motifs is 2. The van der Waals surface area contributed by atoms with Crippen molar-refractivity contribution in [3.8, 4) is 17.2 Å². The number of hydrogen-bond donors (Lipinski definition) is 1. The molecular formula is C28H26N2O5S. The highest BCUT2D eigenvalue weighted by Gasteiger charge is 2.27. The molecule has 0 saturated carbocycles. The number of carbonyl (C=O) groups is 2. The largest absolute Gasteiger partial charge is 0.497 e. The quantitative estimate of drug-likeness (QED) is 0.491. The Balaban J connectivity index is 1.33. The fraction of sp³-hybridized carbons (Fsp3) is 0.214. The SMILES string of the molecule is COc1cccc(/C=C2\Sc3ccc(C(=O)NC(C)c4ccc5c(c4)OCCO5)cc3N(C)C2=O)c1. The third kappa shape index (κ3) is 4.77. The molecule has 1 N–H and O–H groups in total. The summed E-state index contributed by atoms with van der Waals surface area (Å²) in [5.41, 5.74) is 2.98. The van der Waals surface area contributed by atoms with Crippen LogP contribution in [0.3, 0.4) is 0 Å². The van der Waals surface area contributed by atoms with Gasteiger partial charge in [0.1, 0.15) is 19.0 Å². The average molecular weight is 503 g/mol. The molecule has 2 aliphatic heterocycles. The van der Waals surface area contributed by atoms with Crippen molar-refractivity contribution < 1.29 is 23.8 Å². The van der Waals surface area contributed by atoms with Gasteiger partial charge in [0.2, 0.25) is 0 Å². The number of ether oxygens (including phenoxy) is 3. The Morgan fingerprint density at radius 2 is 1.89 bits per heavy atom. The van der Waals surface area contributed by atoms with Crippen LogP contribution in [0.5, 0.6) is 17.2 Å². The van der Waals surface area contributed by atoms with Crippen LogP contribution in [0.25, 0.3) is 6.08 Å². The predicted molar refractivity (Wildman–Crippen MR) is 140 cm³/mol. The van der Waals surface area contributed by atoms with Gasteiger partial charge in [-0.05, 0) is 66.6 Å². The lowest BCUT2D eigenvalue weighted by atomic mass is 10.1. The summed E-state index contributed by atoms with van der Waals surface area (Å²) in [4.78, 5) is 29.2. The predicted octanol–water partition coefficient (Wildman–Crippen LogP) is 5.07. The molecule has 0 aliphatic carbocycles. The van der Waals surface area contributed by atoms with Gasteiger partial charge in [0.15, 0.2) is 11.5 Å². The van der Waals surface area contributed by atoms with E-state index < -0.39 is 0 Å². The summed E-state index contributed by atoms with van der Waals surface area (Å²) in [5.74, 6) is 1.78. The second-order valence-corrected chi connectivity index (χ2v) is 9.62. The minimum Gasteiger partial charge on any atom is -0.497 e. The number of carbonyl (C=O) groups excluding carboxylic acids is 2. The minimum absolute atomic E-state index is 0.127. The number of nitrogens with zero attached hydrogens (tertiary/aromatic N) is 1. The number of thioether (sulfide) groups is 1. The zero-order valence-corrected chi connectivity index (χ0v) is 21.1. The van der Waals surface area contributed by atoms with Crippen molar-refractivity contribution in [2.75, 3.05) is 32.3 Å². The third-order valence-corrected chi connectivity index (χ3v) is 7.20. The second kappa shape index (κ2) is 9.99. The molecule has 0 fully saturated rings.